The number of ether oxygens (including phenoxy) is 1. The highest BCUT2D eigenvalue weighted by atomic mass is 16.5. The average Bonchev–Trinajstić information content (AvgIpc) is 2.28. The van der Waals surface area contributed by atoms with E-state index in [2.05, 4.69) is 13.8 Å². The highest BCUT2D eigenvalue weighted by Crippen LogP contribution is 2.33. The monoisotopic (exact) mass is 217 g/mol. The van der Waals surface area contributed by atoms with Crippen LogP contribution in [0.3, 0.4) is 0 Å². The van der Waals surface area contributed by atoms with Gasteiger partial charge >= 0.3 is 0 Å². The third kappa shape index (κ3) is 1.66. The maximum Gasteiger partial charge on any atom is 0.146 e. The Bertz CT molecular complexity index is 440. The number of anilines is 1. The van der Waals surface area contributed by atoms with Crippen molar-refractivity contribution in [3.63, 3.8) is 0 Å². The number of amidine groups is 1. The molecule has 0 saturated carbocycles. The molecule has 1 aliphatic rings. The Morgan fingerprint density at radius 1 is 1.44 bits per heavy atom. The molecule has 0 atom stereocenters. The fraction of sp³-hybridized carbons (Fsp3) is 0.333. The van der Waals surface area contributed by atoms with Crippen molar-refractivity contribution in [2.75, 3.05) is 11.5 Å². The van der Waals surface area contributed by atoms with Crippen LogP contribution in [0.1, 0.15) is 25.3 Å². The fourth-order valence-electron chi connectivity index (χ4n) is 1.71. The van der Waals surface area contributed by atoms with Crippen molar-refractivity contribution in [3.8, 4) is 5.75 Å². The van der Waals surface area contributed by atoms with E-state index in [0.29, 0.717) is 11.8 Å². The Hall–Kier alpha value is -1.84. The maximum absolute atomic E-state index is 7.66. The predicted molar refractivity (Wildman–Crippen MR) is 65.0 cm³/mol. The number of nitrogens with zero attached hydrogens (tertiary/aromatic N) is 1. The second kappa shape index (κ2) is 3.96. The summed E-state index contributed by atoms with van der Waals surface area (Å²) in [6.07, 6.45) is 1.15. The molecule has 0 aromatic heterocycles. The van der Waals surface area contributed by atoms with E-state index in [-0.39, 0.29) is 6.61 Å². The predicted octanol–water partition coefficient (Wildman–Crippen LogP) is 2.59. The van der Waals surface area contributed by atoms with Gasteiger partial charge in [0.25, 0.3) is 0 Å². The van der Waals surface area contributed by atoms with Crippen LogP contribution >= 0.6 is 0 Å². The number of benzene rings is 1. The highest BCUT2D eigenvalue weighted by Gasteiger charge is 2.21. The highest BCUT2D eigenvalue weighted by molar-refractivity contribution is 6.12. The minimum atomic E-state index is 0.226. The van der Waals surface area contributed by atoms with Gasteiger partial charge in [0, 0.05) is 0 Å². The summed E-state index contributed by atoms with van der Waals surface area (Å²) in [4.78, 5) is 1.53. The largest absolute Gasteiger partial charge is 0.483 e. The summed E-state index contributed by atoms with van der Waals surface area (Å²) < 4.78 is 5.49. The van der Waals surface area contributed by atoms with Gasteiger partial charge < -0.3 is 4.74 Å². The van der Waals surface area contributed by atoms with Gasteiger partial charge in [-0.1, -0.05) is 19.9 Å². The summed E-state index contributed by atoms with van der Waals surface area (Å²) in [5, 5.41) is 15.0. The van der Waals surface area contributed by atoms with E-state index in [1.807, 2.05) is 18.2 Å². The van der Waals surface area contributed by atoms with E-state index in [0.717, 1.165) is 17.8 Å². The minimum absolute atomic E-state index is 0.226. The molecule has 84 valence electrons. The SMILES string of the molecule is CC(C)c1ccc2c(c1)OCC(=N)N2C=N. The van der Waals surface area contributed by atoms with E-state index in [1.165, 1.54) is 10.5 Å². The minimum Gasteiger partial charge on any atom is -0.483 e. The van der Waals surface area contributed by atoms with Crippen LogP contribution in [0.25, 0.3) is 0 Å². The molecule has 2 N–H and O–H groups in total. The third-order valence-electron chi connectivity index (χ3n) is 2.69. The van der Waals surface area contributed by atoms with Crippen LogP contribution in [0.15, 0.2) is 18.2 Å². The van der Waals surface area contributed by atoms with Gasteiger partial charge in [0.05, 0.1) is 12.0 Å². The molecule has 1 aliphatic heterocycles. The molecule has 0 fully saturated rings. The molecule has 0 saturated heterocycles. The van der Waals surface area contributed by atoms with Gasteiger partial charge in [-0.3, -0.25) is 15.7 Å². The van der Waals surface area contributed by atoms with E-state index in [9.17, 15) is 0 Å². The van der Waals surface area contributed by atoms with Gasteiger partial charge in [-0.05, 0) is 23.6 Å². The van der Waals surface area contributed by atoms with Crippen LogP contribution in [-0.4, -0.2) is 18.8 Å². The molecule has 1 aromatic rings. The topological polar surface area (TPSA) is 60.2 Å². The zero-order chi connectivity index (χ0) is 11.7. The van der Waals surface area contributed by atoms with Crippen molar-refractivity contribution >= 4 is 17.9 Å². The van der Waals surface area contributed by atoms with Crippen LogP contribution in [0, 0.1) is 10.8 Å². The van der Waals surface area contributed by atoms with Crippen LogP contribution in [0.5, 0.6) is 5.75 Å². The number of nitrogens with one attached hydrogen (secondary N) is 2. The smallest absolute Gasteiger partial charge is 0.146 e. The van der Waals surface area contributed by atoms with E-state index >= 15 is 0 Å². The van der Waals surface area contributed by atoms with Gasteiger partial charge in [0.2, 0.25) is 0 Å². The molecule has 1 heterocycles. The Labute approximate surface area is 94.9 Å². The first-order chi connectivity index (χ1) is 7.63. The van der Waals surface area contributed by atoms with Crippen LogP contribution < -0.4 is 9.64 Å². The summed E-state index contributed by atoms with van der Waals surface area (Å²) in [7, 11) is 0. The number of hydrogen-bond acceptors (Lipinski definition) is 3. The standard InChI is InChI=1S/C12H15N3O/c1-8(2)9-3-4-10-11(5-9)16-6-12(14)15(10)7-13/h3-5,7-8,13-14H,6H2,1-2H3. The lowest BCUT2D eigenvalue weighted by Gasteiger charge is -2.28. The molecular weight excluding hydrogens is 202 g/mol. The maximum atomic E-state index is 7.66. The Morgan fingerprint density at radius 2 is 2.19 bits per heavy atom. The van der Waals surface area contributed by atoms with Crippen molar-refractivity contribution in [3.05, 3.63) is 23.8 Å². The number of rotatable bonds is 2. The molecular formula is C12H15N3O. The molecule has 0 bridgehead atoms. The fourth-order valence-corrected chi connectivity index (χ4v) is 1.71. The summed E-state index contributed by atoms with van der Waals surface area (Å²) in [5.74, 6) is 1.49. The van der Waals surface area contributed by atoms with Crippen molar-refractivity contribution in [2.24, 2.45) is 0 Å². The van der Waals surface area contributed by atoms with Crippen LogP contribution in [-0.2, 0) is 0 Å². The molecule has 2 rings (SSSR count). The molecule has 4 nitrogen and oxygen atoms in total. The van der Waals surface area contributed by atoms with Crippen molar-refractivity contribution in [1.29, 1.82) is 10.8 Å². The first-order valence-electron chi connectivity index (χ1n) is 5.27. The first kappa shape index (κ1) is 10.7. The van der Waals surface area contributed by atoms with Crippen LogP contribution in [0.2, 0.25) is 0 Å². The van der Waals surface area contributed by atoms with E-state index in [1.54, 1.807) is 0 Å². The number of hydrogen-bond donors (Lipinski definition) is 2. The molecule has 0 amide bonds. The van der Waals surface area contributed by atoms with Crippen molar-refractivity contribution < 1.29 is 4.74 Å². The average molecular weight is 217 g/mol. The summed E-state index contributed by atoms with van der Waals surface area (Å²) in [5.41, 5.74) is 1.98. The lowest BCUT2D eigenvalue weighted by molar-refractivity contribution is 0.368. The van der Waals surface area contributed by atoms with Gasteiger partial charge in [-0.25, -0.2) is 0 Å². The number of fused-ring (bicyclic) bond motifs is 1. The lowest BCUT2D eigenvalue weighted by Crippen LogP contribution is -2.36. The summed E-state index contributed by atoms with van der Waals surface area (Å²) >= 11 is 0. The zero-order valence-electron chi connectivity index (χ0n) is 9.45. The summed E-state index contributed by atoms with van der Waals surface area (Å²) in [6.45, 7) is 4.48. The zero-order valence-corrected chi connectivity index (χ0v) is 9.45. The lowest BCUT2D eigenvalue weighted by atomic mass is 10.0. The Balaban J connectivity index is 2.46. The van der Waals surface area contributed by atoms with E-state index in [4.69, 9.17) is 15.6 Å². The third-order valence-corrected chi connectivity index (χ3v) is 2.69. The molecule has 16 heavy (non-hydrogen) atoms. The Morgan fingerprint density at radius 3 is 2.81 bits per heavy atom. The first-order valence-corrected chi connectivity index (χ1v) is 5.27. The molecule has 0 unspecified atom stereocenters. The van der Waals surface area contributed by atoms with Gasteiger partial charge in [-0.15, -0.1) is 0 Å². The molecule has 1 aromatic carbocycles. The van der Waals surface area contributed by atoms with E-state index < -0.39 is 0 Å². The Kier molecular flexibility index (Phi) is 2.64. The molecule has 0 aliphatic carbocycles. The van der Waals surface area contributed by atoms with Crippen LogP contribution in [0.4, 0.5) is 5.69 Å². The van der Waals surface area contributed by atoms with Crippen molar-refractivity contribution in [1.82, 2.24) is 0 Å². The molecule has 4 heteroatoms. The van der Waals surface area contributed by atoms with Gasteiger partial charge in [-0.2, -0.15) is 0 Å². The molecule has 0 spiro atoms. The second-order valence-corrected chi connectivity index (χ2v) is 4.12. The second-order valence-electron chi connectivity index (χ2n) is 4.12. The molecule has 0 radical (unpaired) electrons. The quantitative estimate of drug-likeness (QED) is 0.591. The van der Waals surface area contributed by atoms with Crippen molar-refractivity contribution in [2.45, 2.75) is 19.8 Å². The van der Waals surface area contributed by atoms with Gasteiger partial charge in [0.15, 0.2) is 0 Å². The van der Waals surface area contributed by atoms with Gasteiger partial charge in [0.1, 0.15) is 18.2 Å². The normalized spacial score (nSPS) is 14.7. The summed E-state index contributed by atoms with van der Waals surface area (Å²) in [6, 6.07) is 5.91.